The van der Waals surface area contributed by atoms with E-state index in [4.69, 9.17) is 0 Å². The highest BCUT2D eigenvalue weighted by molar-refractivity contribution is 5.90. The summed E-state index contributed by atoms with van der Waals surface area (Å²) in [5.74, 6) is 0.484. The molecule has 1 aliphatic heterocycles. The Bertz CT molecular complexity index is 529. The van der Waals surface area contributed by atoms with Gasteiger partial charge in [-0.1, -0.05) is 43.2 Å². The fourth-order valence-corrected chi connectivity index (χ4v) is 3.65. The smallest absolute Gasteiger partial charge is 0.242 e. The highest BCUT2D eigenvalue weighted by Crippen LogP contribution is 2.28. The van der Waals surface area contributed by atoms with Crippen LogP contribution in [0.5, 0.6) is 0 Å². The lowest BCUT2D eigenvalue weighted by molar-refractivity contribution is -0.126. The van der Waals surface area contributed by atoms with Crippen LogP contribution in [0.25, 0.3) is 0 Å². The van der Waals surface area contributed by atoms with Crippen LogP contribution in [0.4, 0.5) is 0 Å². The van der Waals surface area contributed by atoms with E-state index >= 15 is 0 Å². The first-order valence-electron chi connectivity index (χ1n) is 8.36. The predicted molar refractivity (Wildman–Crippen MR) is 85.2 cm³/mol. The molecule has 0 aromatic heterocycles. The van der Waals surface area contributed by atoms with Gasteiger partial charge in [-0.2, -0.15) is 0 Å². The molecule has 1 heterocycles. The van der Waals surface area contributed by atoms with Crippen LogP contribution in [0.2, 0.25) is 0 Å². The number of amides is 2. The number of hydrogen-bond donors (Lipinski definition) is 2. The van der Waals surface area contributed by atoms with Gasteiger partial charge in [-0.25, -0.2) is 0 Å². The van der Waals surface area contributed by atoms with Crippen molar-refractivity contribution in [1.82, 2.24) is 10.6 Å². The lowest BCUT2D eigenvalue weighted by Gasteiger charge is -2.33. The molecule has 1 saturated carbocycles. The second-order valence-electron chi connectivity index (χ2n) is 6.51. The largest absolute Gasteiger partial charge is 0.351 e. The zero-order valence-electron chi connectivity index (χ0n) is 12.9. The van der Waals surface area contributed by atoms with Crippen molar-refractivity contribution >= 4 is 11.8 Å². The van der Waals surface area contributed by atoms with Gasteiger partial charge in [0, 0.05) is 12.5 Å². The van der Waals surface area contributed by atoms with Crippen molar-refractivity contribution in [2.45, 2.75) is 57.0 Å². The minimum absolute atomic E-state index is 0.00388. The molecule has 3 atom stereocenters. The highest BCUT2D eigenvalue weighted by atomic mass is 16.2. The summed E-state index contributed by atoms with van der Waals surface area (Å²) in [6.07, 6.45) is 6.73. The Labute approximate surface area is 131 Å². The van der Waals surface area contributed by atoms with E-state index in [0.717, 1.165) is 19.3 Å². The number of carbonyl (C=O) groups excluding carboxylic acids is 2. The van der Waals surface area contributed by atoms with Gasteiger partial charge in [-0.15, -0.1) is 0 Å². The van der Waals surface area contributed by atoms with Crippen molar-refractivity contribution in [3.05, 3.63) is 35.9 Å². The summed E-state index contributed by atoms with van der Waals surface area (Å²) in [6, 6.07) is 10.4. The van der Waals surface area contributed by atoms with Crippen LogP contribution in [0.15, 0.2) is 30.3 Å². The van der Waals surface area contributed by atoms with Gasteiger partial charge >= 0.3 is 0 Å². The second-order valence-corrected chi connectivity index (χ2v) is 6.51. The zero-order valence-corrected chi connectivity index (χ0v) is 12.9. The normalized spacial score (nSPS) is 28.2. The summed E-state index contributed by atoms with van der Waals surface area (Å²) in [6.45, 7) is 0. The first kappa shape index (κ1) is 15.1. The minimum atomic E-state index is -0.327. The van der Waals surface area contributed by atoms with Crippen molar-refractivity contribution in [1.29, 1.82) is 0 Å². The molecule has 2 N–H and O–H groups in total. The number of carbonyl (C=O) groups is 2. The SMILES string of the molecule is O=C1CC[C@H](C(=O)N[C@H]2CCCC[C@H]2Cc2ccccc2)N1. The Morgan fingerprint density at radius 2 is 1.91 bits per heavy atom. The molecule has 1 aromatic rings. The molecule has 3 rings (SSSR count). The maximum atomic E-state index is 12.3. The molecule has 1 aliphatic carbocycles. The van der Waals surface area contributed by atoms with Gasteiger partial charge in [0.2, 0.25) is 11.8 Å². The number of hydrogen-bond acceptors (Lipinski definition) is 2. The van der Waals surface area contributed by atoms with Crippen LogP contribution >= 0.6 is 0 Å². The molecule has 118 valence electrons. The molecule has 2 aliphatic rings. The van der Waals surface area contributed by atoms with Crippen molar-refractivity contribution in [2.24, 2.45) is 5.92 Å². The molecule has 4 heteroatoms. The summed E-state index contributed by atoms with van der Waals surface area (Å²) in [5, 5.41) is 5.95. The molecular formula is C18H24N2O2. The van der Waals surface area contributed by atoms with Crippen LogP contribution in [0.3, 0.4) is 0 Å². The monoisotopic (exact) mass is 300 g/mol. The van der Waals surface area contributed by atoms with E-state index in [-0.39, 0.29) is 23.9 Å². The van der Waals surface area contributed by atoms with E-state index in [1.807, 2.05) is 6.07 Å². The van der Waals surface area contributed by atoms with E-state index < -0.39 is 0 Å². The maximum absolute atomic E-state index is 12.3. The van der Waals surface area contributed by atoms with Gasteiger partial charge in [-0.05, 0) is 37.2 Å². The second kappa shape index (κ2) is 6.95. The number of rotatable bonds is 4. The van der Waals surface area contributed by atoms with Crippen LogP contribution in [0.1, 0.15) is 44.1 Å². The predicted octanol–water partition coefficient (Wildman–Crippen LogP) is 2.18. The standard InChI is InChI=1S/C18H24N2O2/c21-17-11-10-16(19-17)18(22)20-15-9-5-4-8-14(15)12-13-6-2-1-3-7-13/h1-3,6-7,14-16H,4-5,8-12H2,(H,19,21)(H,20,22)/t14-,15-,16+/m0/s1. The van der Waals surface area contributed by atoms with Crippen LogP contribution in [-0.4, -0.2) is 23.9 Å². The highest BCUT2D eigenvalue weighted by Gasteiger charge is 2.32. The van der Waals surface area contributed by atoms with Gasteiger partial charge in [0.05, 0.1) is 0 Å². The first-order valence-corrected chi connectivity index (χ1v) is 8.36. The minimum Gasteiger partial charge on any atom is -0.351 e. The van der Waals surface area contributed by atoms with Gasteiger partial charge in [0.15, 0.2) is 0 Å². The third kappa shape index (κ3) is 3.67. The molecule has 0 radical (unpaired) electrons. The maximum Gasteiger partial charge on any atom is 0.242 e. The van der Waals surface area contributed by atoms with Crippen LogP contribution < -0.4 is 10.6 Å². The third-order valence-corrected chi connectivity index (χ3v) is 4.89. The molecule has 4 nitrogen and oxygen atoms in total. The lowest BCUT2D eigenvalue weighted by atomic mass is 9.80. The summed E-state index contributed by atoms with van der Waals surface area (Å²) >= 11 is 0. The Morgan fingerprint density at radius 1 is 1.14 bits per heavy atom. The zero-order chi connectivity index (χ0) is 15.4. The summed E-state index contributed by atoms with van der Waals surface area (Å²) in [5.41, 5.74) is 1.34. The Hall–Kier alpha value is -1.84. The average molecular weight is 300 g/mol. The van der Waals surface area contributed by atoms with Gasteiger partial charge in [-0.3, -0.25) is 9.59 Å². The van der Waals surface area contributed by atoms with E-state index in [1.165, 1.54) is 18.4 Å². The quantitative estimate of drug-likeness (QED) is 0.895. The molecule has 0 bridgehead atoms. The van der Waals surface area contributed by atoms with E-state index in [2.05, 4.69) is 34.9 Å². The lowest BCUT2D eigenvalue weighted by Crippen LogP contribution is -2.49. The molecular weight excluding hydrogens is 276 g/mol. The molecule has 0 spiro atoms. The van der Waals surface area contributed by atoms with Crippen molar-refractivity contribution < 1.29 is 9.59 Å². The van der Waals surface area contributed by atoms with E-state index in [0.29, 0.717) is 18.8 Å². The van der Waals surface area contributed by atoms with Gasteiger partial charge in [0.25, 0.3) is 0 Å². The fraction of sp³-hybridized carbons (Fsp3) is 0.556. The van der Waals surface area contributed by atoms with Gasteiger partial charge in [0.1, 0.15) is 6.04 Å². The number of nitrogens with one attached hydrogen (secondary N) is 2. The molecule has 1 saturated heterocycles. The van der Waals surface area contributed by atoms with E-state index in [9.17, 15) is 9.59 Å². The Morgan fingerprint density at radius 3 is 2.64 bits per heavy atom. The summed E-state index contributed by atoms with van der Waals surface area (Å²) < 4.78 is 0. The first-order chi connectivity index (χ1) is 10.7. The summed E-state index contributed by atoms with van der Waals surface area (Å²) in [7, 11) is 0. The average Bonchev–Trinajstić information content (AvgIpc) is 2.97. The fourth-order valence-electron chi connectivity index (χ4n) is 3.65. The molecule has 22 heavy (non-hydrogen) atoms. The Balaban J connectivity index is 1.60. The molecule has 2 fully saturated rings. The topological polar surface area (TPSA) is 58.2 Å². The van der Waals surface area contributed by atoms with Crippen molar-refractivity contribution in [3.63, 3.8) is 0 Å². The van der Waals surface area contributed by atoms with Crippen LogP contribution in [-0.2, 0) is 16.0 Å². The number of benzene rings is 1. The summed E-state index contributed by atoms with van der Waals surface area (Å²) in [4.78, 5) is 23.6. The third-order valence-electron chi connectivity index (χ3n) is 4.89. The molecule has 1 aromatic carbocycles. The van der Waals surface area contributed by atoms with Crippen LogP contribution in [0, 0.1) is 5.92 Å². The van der Waals surface area contributed by atoms with E-state index in [1.54, 1.807) is 0 Å². The van der Waals surface area contributed by atoms with Crippen molar-refractivity contribution in [3.8, 4) is 0 Å². The molecule has 2 amide bonds. The van der Waals surface area contributed by atoms with Gasteiger partial charge < -0.3 is 10.6 Å². The van der Waals surface area contributed by atoms with Crippen molar-refractivity contribution in [2.75, 3.05) is 0 Å². The molecule has 0 unspecified atom stereocenters. The Kier molecular flexibility index (Phi) is 4.76.